The van der Waals surface area contributed by atoms with Gasteiger partial charge in [0.25, 0.3) is 0 Å². The molecule has 0 radical (unpaired) electrons. The molecule has 0 unspecified atom stereocenters. The van der Waals surface area contributed by atoms with Gasteiger partial charge in [-0.25, -0.2) is 0 Å². The molecule has 0 amide bonds. The molecular formula is C28H62Ar2F6N2O2. The number of hydrogen-bond acceptors (Lipinski definition) is 2. The third-order valence-electron chi connectivity index (χ3n) is 6.28. The van der Waals surface area contributed by atoms with Gasteiger partial charge in [-0.1, -0.05) is 61.3 Å². The number of hydrogen-bond donors (Lipinski definition) is 0. The summed E-state index contributed by atoms with van der Waals surface area (Å²) in [6.07, 6.45) is 0.998. The summed E-state index contributed by atoms with van der Waals surface area (Å²) in [5, 5.41) is 0. The first-order valence-corrected chi connectivity index (χ1v) is 13.7. The molecule has 0 aliphatic rings. The largest absolute Gasteiger partial charge is 0.870 e. The fraction of sp³-hybridized carbons (Fsp3) is 1.00. The maximum atomic E-state index is 12.8. The van der Waals surface area contributed by atoms with E-state index in [0.29, 0.717) is 6.42 Å². The van der Waals surface area contributed by atoms with Gasteiger partial charge in [0, 0.05) is 75.5 Å². The molecule has 0 aromatic heterocycles. The molecule has 0 fully saturated rings. The fourth-order valence-electron chi connectivity index (χ4n) is 3.19. The van der Waals surface area contributed by atoms with E-state index in [0.717, 1.165) is 55.5 Å². The molecule has 2 N–H and O–H groups in total. The van der Waals surface area contributed by atoms with Gasteiger partial charge < -0.3 is 19.9 Å². The second kappa shape index (κ2) is 26.2. The van der Waals surface area contributed by atoms with Crippen LogP contribution in [0.4, 0.5) is 26.3 Å². The smallest absolute Gasteiger partial charge is 0.393 e. The molecule has 0 rings (SSSR count). The molecule has 254 valence electrons. The molecule has 0 saturated heterocycles. The van der Waals surface area contributed by atoms with E-state index in [9.17, 15) is 26.3 Å². The maximum Gasteiger partial charge on any atom is 0.393 e. The van der Waals surface area contributed by atoms with Gasteiger partial charge in [-0.3, -0.25) is 0 Å². The van der Waals surface area contributed by atoms with Crippen LogP contribution in [0.15, 0.2) is 0 Å². The van der Waals surface area contributed by atoms with Crippen molar-refractivity contribution in [2.45, 2.75) is 119 Å². The second-order valence-electron chi connectivity index (χ2n) is 13.1. The maximum absolute atomic E-state index is 12.8. The van der Waals surface area contributed by atoms with Crippen LogP contribution in [0.3, 0.4) is 0 Å². The molecule has 40 heavy (non-hydrogen) atoms. The van der Waals surface area contributed by atoms with Crippen molar-refractivity contribution in [3.8, 4) is 0 Å². The molecule has 0 aliphatic carbocycles. The van der Waals surface area contributed by atoms with Crippen LogP contribution >= 0.6 is 0 Å². The number of rotatable bonds is 14. The molecule has 0 aromatic carbocycles. The zero-order valence-corrected chi connectivity index (χ0v) is 28.7. The Balaban J connectivity index is -0.000000134. The summed E-state index contributed by atoms with van der Waals surface area (Å²) in [6, 6.07) is 0. The van der Waals surface area contributed by atoms with Gasteiger partial charge in [0.15, 0.2) is 0 Å². The van der Waals surface area contributed by atoms with Crippen molar-refractivity contribution in [1.82, 2.24) is 0 Å². The van der Waals surface area contributed by atoms with Gasteiger partial charge in [0.2, 0.25) is 0 Å². The number of nitrogens with zero attached hydrogens (tertiary/aromatic N) is 2. The van der Waals surface area contributed by atoms with Crippen molar-refractivity contribution in [3.63, 3.8) is 0 Å². The summed E-state index contributed by atoms with van der Waals surface area (Å²) in [6.45, 7) is 13.6. The van der Waals surface area contributed by atoms with Crippen LogP contribution in [0, 0.1) is 86.3 Å². The number of quaternary nitrogens is 2. The summed E-state index contributed by atoms with van der Waals surface area (Å²) >= 11 is 0. The Labute approximate surface area is 303 Å². The van der Waals surface area contributed by atoms with E-state index in [1.54, 1.807) is 0 Å². The first kappa shape index (κ1) is 57.6. The molecule has 0 aliphatic heterocycles. The summed E-state index contributed by atoms with van der Waals surface area (Å²) < 4.78 is 75.2. The zero-order valence-electron chi connectivity index (χ0n) is 27.2. The average molecular weight is 653 g/mol. The Morgan fingerprint density at radius 2 is 0.750 bits per heavy atom. The van der Waals surface area contributed by atoms with Crippen LogP contribution < -0.4 is 0 Å². The van der Waals surface area contributed by atoms with Gasteiger partial charge in [-0.05, 0) is 44.9 Å². The molecule has 0 heterocycles. The summed E-state index contributed by atoms with van der Waals surface area (Å²) in [5.74, 6) is 0. The van der Waals surface area contributed by atoms with Gasteiger partial charge in [-0.15, -0.1) is 0 Å². The molecular weight excluding hydrogens is 590 g/mol. The molecule has 0 atom stereocenters. The van der Waals surface area contributed by atoms with E-state index in [1.807, 2.05) is 13.8 Å². The van der Waals surface area contributed by atoms with Crippen molar-refractivity contribution >= 4 is 0 Å². The Morgan fingerprint density at radius 1 is 0.475 bits per heavy atom. The third-order valence-corrected chi connectivity index (χ3v) is 6.28. The van der Waals surface area contributed by atoms with Gasteiger partial charge in [-0.2, -0.15) is 26.3 Å². The molecule has 0 bridgehead atoms. The molecule has 0 spiro atoms. The van der Waals surface area contributed by atoms with Crippen LogP contribution in [0.5, 0.6) is 0 Å². The topological polar surface area (TPSA) is 60.0 Å². The van der Waals surface area contributed by atoms with Crippen molar-refractivity contribution in [3.05, 3.63) is 0 Å². The van der Waals surface area contributed by atoms with Gasteiger partial charge in [0.1, 0.15) is 0 Å². The zero-order chi connectivity index (χ0) is 29.5. The molecule has 0 aromatic rings. The fourth-order valence-corrected chi connectivity index (χ4v) is 3.19. The van der Waals surface area contributed by atoms with Crippen molar-refractivity contribution in [2.75, 3.05) is 54.9 Å². The predicted octanol–water partition coefficient (Wildman–Crippen LogP) is 9.14. The van der Waals surface area contributed by atoms with Crippen LogP contribution in [-0.2, 0) is 0 Å². The third kappa shape index (κ3) is 34.4. The van der Waals surface area contributed by atoms with Crippen molar-refractivity contribution in [2.24, 2.45) is 10.8 Å². The standard InChI is InChI=1S/C21H45F3N2.C5H9F3.C2H6.2Ar.2H2O/c1-20(2,21(22,23)24)16-12-8-9-14-18-26(6,7)19-15-11-10-13-17-25(3,4)5;1-4(2,3)5(6,7)8;1-2;;;;/h8-19H2,1-7H3;1-3H3;1-2H3;;;2*1H2/q+2;;;;;;/p-2. The predicted molar refractivity (Wildman–Crippen MR) is 147 cm³/mol. The van der Waals surface area contributed by atoms with Crippen LogP contribution in [0.2, 0.25) is 0 Å². The van der Waals surface area contributed by atoms with E-state index in [4.69, 9.17) is 0 Å². The Hall–Kier alpha value is 1.94. The van der Waals surface area contributed by atoms with Crippen LogP contribution in [-0.4, -0.2) is 87.1 Å². The first-order chi connectivity index (χ1) is 15.9. The number of halogens is 6. The number of alkyl halides is 6. The van der Waals surface area contributed by atoms with E-state index >= 15 is 0 Å². The summed E-state index contributed by atoms with van der Waals surface area (Å²) in [5.41, 5.74) is -3.11. The van der Waals surface area contributed by atoms with Crippen LogP contribution in [0.1, 0.15) is 106 Å². The van der Waals surface area contributed by atoms with E-state index < -0.39 is 23.2 Å². The van der Waals surface area contributed by atoms with Crippen LogP contribution in [0.25, 0.3) is 0 Å². The molecule has 4 nitrogen and oxygen atoms in total. The minimum atomic E-state index is -4.09. The Morgan fingerprint density at radius 3 is 1.00 bits per heavy atom. The monoisotopic (exact) mass is 652 g/mol. The van der Waals surface area contributed by atoms with Crippen molar-refractivity contribution in [1.29, 1.82) is 0 Å². The van der Waals surface area contributed by atoms with Gasteiger partial charge in [0.05, 0.1) is 65.7 Å². The summed E-state index contributed by atoms with van der Waals surface area (Å²) in [7, 11) is 11.3. The SMILES string of the molecule is CC.CC(C)(C)C(F)(F)F.CC(C)(CCCCCC[N+](C)(C)CCCCCC[N+](C)(C)C)C(F)(F)F.[Ar].[Ar].[OH-].[OH-]. The van der Waals surface area contributed by atoms with Crippen molar-refractivity contribution < 1.29 is 122 Å². The van der Waals surface area contributed by atoms with Gasteiger partial charge >= 0.3 is 12.4 Å². The Bertz CT molecular complexity index is 535. The minimum absolute atomic E-state index is 0. The molecule has 0 saturated carbocycles. The summed E-state index contributed by atoms with van der Waals surface area (Å²) in [4.78, 5) is 0. The second-order valence-corrected chi connectivity index (χ2v) is 13.1. The quantitative estimate of drug-likeness (QED) is 0.107. The molecule has 12 heteroatoms. The first-order valence-electron chi connectivity index (χ1n) is 13.7. The van der Waals surface area contributed by atoms with E-state index in [1.165, 1.54) is 52.6 Å². The van der Waals surface area contributed by atoms with E-state index in [2.05, 4.69) is 35.2 Å². The Kier molecular flexibility index (Phi) is 37.7. The number of unbranched alkanes of at least 4 members (excludes halogenated alkanes) is 6. The normalized spacial score (nSPS) is 12.2. The van der Waals surface area contributed by atoms with E-state index in [-0.39, 0.29) is 92.8 Å². The minimum Gasteiger partial charge on any atom is -0.870 e. The average Bonchev–Trinajstić information content (AvgIpc) is 2.66.